The van der Waals surface area contributed by atoms with E-state index in [2.05, 4.69) is 48.8 Å². The van der Waals surface area contributed by atoms with Crippen LogP contribution in [0.3, 0.4) is 0 Å². The van der Waals surface area contributed by atoms with E-state index in [9.17, 15) is 5.11 Å². The zero-order valence-electron chi connectivity index (χ0n) is 11.5. The number of thiophene rings is 1. The highest BCUT2D eigenvalue weighted by Gasteiger charge is 2.34. The zero-order chi connectivity index (χ0) is 13.7. The molecule has 2 nitrogen and oxygen atoms in total. The van der Waals surface area contributed by atoms with Gasteiger partial charge in [0.25, 0.3) is 0 Å². The summed E-state index contributed by atoms with van der Waals surface area (Å²) in [5, 5.41) is 15.6. The first kappa shape index (κ1) is 14.3. The van der Waals surface area contributed by atoms with Crippen molar-refractivity contribution in [3.05, 3.63) is 58.3 Å². The van der Waals surface area contributed by atoms with Crippen molar-refractivity contribution in [1.82, 2.24) is 5.32 Å². The first-order valence-electron chi connectivity index (χ1n) is 6.63. The summed E-state index contributed by atoms with van der Waals surface area (Å²) in [6.07, 6.45) is 0. The van der Waals surface area contributed by atoms with E-state index in [1.54, 1.807) is 11.3 Å². The van der Waals surface area contributed by atoms with Crippen LogP contribution < -0.4 is 5.32 Å². The zero-order valence-corrected chi connectivity index (χ0v) is 12.3. The maximum atomic E-state index is 9.97. The van der Waals surface area contributed by atoms with Gasteiger partial charge in [0.2, 0.25) is 0 Å². The van der Waals surface area contributed by atoms with E-state index < -0.39 is 0 Å². The maximum absolute atomic E-state index is 9.97. The lowest BCUT2D eigenvalue weighted by Crippen LogP contribution is -2.49. The molecule has 2 N–H and O–H groups in total. The van der Waals surface area contributed by atoms with Crippen LogP contribution in [0.2, 0.25) is 0 Å². The smallest absolute Gasteiger partial charge is 0.0695 e. The molecule has 0 fully saturated rings. The summed E-state index contributed by atoms with van der Waals surface area (Å²) >= 11 is 1.74. The molecule has 1 aromatic heterocycles. The number of rotatable bonds is 6. The highest BCUT2D eigenvalue weighted by Crippen LogP contribution is 2.30. The van der Waals surface area contributed by atoms with Crippen LogP contribution in [0.1, 0.15) is 24.3 Å². The van der Waals surface area contributed by atoms with Crippen LogP contribution in [0.25, 0.3) is 0 Å². The van der Waals surface area contributed by atoms with Crippen LogP contribution in [0.4, 0.5) is 0 Å². The number of benzene rings is 1. The molecular formula is C16H21NOS. The van der Waals surface area contributed by atoms with Gasteiger partial charge in [0.15, 0.2) is 0 Å². The molecule has 2 rings (SSSR count). The predicted molar refractivity (Wildman–Crippen MR) is 81.2 cm³/mol. The van der Waals surface area contributed by atoms with Gasteiger partial charge in [0, 0.05) is 11.4 Å². The number of aliphatic hydroxyl groups is 1. The Hall–Kier alpha value is -1.16. The molecule has 0 aliphatic heterocycles. The molecule has 0 spiro atoms. The predicted octanol–water partition coefficient (Wildman–Crippen LogP) is 3.38. The monoisotopic (exact) mass is 275 g/mol. The van der Waals surface area contributed by atoms with Gasteiger partial charge in [-0.05, 0) is 22.9 Å². The Kier molecular flexibility index (Phi) is 4.75. The van der Waals surface area contributed by atoms with Crippen molar-refractivity contribution in [1.29, 1.82) is 0 Å². The third kappa shape index (κ3) is 3.06. The molecule has 1 unspecified atom stereocenters. The molecule has 0 aliphatic carbocycles. The lowest BCUT2D eigenvalue weighted by Gasteiger charge is -2.37. The number of aliphatic hydroxyl groups excluding tert-OH is 1. The minimum atomic E-state index is -0.384. The molecule has 0 amide bonds. The largest absolute Gasteiger partial charge is 0.394 e. The lowest BCUT2D eigenvalue weighted by atomic mass is 9.80. The SMILES string of the molecule is CC(C)C(CO)(NCc1cccs1)c1ccccc1. The van der Waals surface area contributed by atoms with E-state index in [1.807, 2.05) is 18.2 Å². The van der Waals surface area contributed by atoms with Gasteiger partial charge in [0.1, 0.15) is 0 Å². The van der Waals surface area contributed by atoms with Gasteiger partial charge in [-0.25, -0.2) is 0 Å². The van der Waals surface area contributed by atoms with Crippen LogP contribution in [-0.2, 0) is 12.1 Å². The maximum Gasteiger partial charge on any atom is 0.0695 e. The molecule has 2 aromatic rings. The fourth-order valence-corrected chi connectivity index (χ4v) is 3.01. The van der Waals surface area contributed by atoms with Gasteiger partial charge in [0.05, 0.1) is 12.1 Å². The topological polar surface area (TPSA) is 32.3 Å². The van der Waals surface area contributed by atoms with Gasteiger partial charge in [-0.1, -0.05) is 50.2 Å². The van der Waals surface area contributed by atoms with Crippen LogP contribution in [0, 0.1) is 5.92 Å². The van der Waals surface area contributed by atoms with E-state index in [0.717, 1.165) is 12.1 Å². The molecule has 1 atom stereocenters. The average molecular weight is 275 g/mol. The van der Waals surface area contributed by atoms with E-state index in [-0.39, 0.29) is 12.1 Å². The summed E-state index contributed by atoms with van der Waals surface area (Å²) in [4.78, 5) is 1.29. The van der Waals surface area contributed by atoms with E-state index in [0.29, 0.717) is 5.92 Å². The van der Waals surface area contributed by atoms with Crippen molar-refractivity contribution < 1.29 is 5.11 Å². The Morgan fingerprint density at radius 3 is 2.42 bits per heavy atom. The normalized spacial score (nSPS) is 14.5. The molecule has 0 saturated carbocycles. The Morgan fingerprint density at radius 2 is 1.89 bits per heavy atom. The Balaban J connectivity index is 2.24. The van der Waals surface area contributed by atoms with Gasteiger partial charge in [-0.15, -0.1) is 11.3 Å². The number of nitrogens with one attached hydrogen (secondary N) is 1. The first-order chi connectivity index (χ1) is 9.19. The highest BCUT2D eigenvalue weighted by molar-refractivity contribution is 7.09. The second-order valence-corrected chi connectivity index (χ2v) is 6.12. The van der Waals surface area contributed by atoms with Gasteiger partial charge < -0.3 is 10.4 Å². The van der Waals surface area contributed by atoms with Crippen molar-refractivity contribution in [2.75, 3.05) is 6.61 Å². The van der Waals surface area contributed by atoms with E-state index in [4.69, 9.17) is 0 Å². The van der Waals surface area contributed by atoms with E-state index in [1.165, 1.54) is 4.88 Å². The van der Waals surface area contributed by atoms with Gasteiger partial charge in [-0.2, -0.15) is 0 Å². The molecule has 102 valence electrons. The van der Waals surface area contributed by atoms with Crippen LogP contribution in [0.5, 0.6) is 0 Å². The third-order valence-corrected chi connectivity index (χ3v) is 4.56. The molecule has 1 aromatic carbocycles. The molecular weight excluding hydrogens is 254 g/mol. The minimum absolute atomic E-state index is 0.0973. The summed E-state index contributed by atoms with van der Waals surface area (Å²) in [5.41, 5.74) is 0.759. The van der Waals surface area contributed by atoms with Crippen molar-refractivity contribution in [2.24, 2.45) is 5.92 Å². The Labute approximate surface area is 119 Å². The average Bonchev–Trinajstić information content (AvgIpc) is 2.94. The van der Waals surface area contributed by atoms with Crippen molar-refractivity contribution in [3.63, 3.8) is 0 Å². The Morgan fingerprint density at radius 1 is 1.16 bits per heavy atom. The summed E-state index contributed by atoms with van der Waals surface area (Å²) in [7, 11) is 0. The van der Waals surface area contributed by atoms with Crippen molar-refractivity contribution in [2.45, 2.75) is 25.9 Å². The van der Waals surface area contributed by atoms with Crippen LogP contribution in [0.15, 0.2) is 47.8 Å². The Bertz CT molecular complexity index is 481. The van der Waals surface area contributed by atoms with E-state index >= 15 is 0 Å². The number of hydrogen-bond acceptors (Lipinski definition) is 3. The fraction of sp³-hybridized carbons (Fsp3) is 0.375. The summed E-state index contributed by atoms with van der Waals surface area (Å²) < 4.78 is 0. The van der Waals surface area contributed by atoms with Crippen molar-refractivity contribution >= 4 is 11.3 Å². The fourth-order valence-electron chi connectivity index (χ4n) is 2.36. The second-order valence-electron chi connectivity index (χ2n) is 5.08. The standard InChI is InChI=1S/C16H21NOS/c1-13(2)16(12-18,14-7-4-3-5-8-14)17-11-15-9-6-10-19-15/h3-10,13,17-18H,11-12H2,1-2H3. The van der Waals surface area contributed by atoms with Gasteiger partial charge >= 0.3 is 0 Å². The highest BCUT2D eigenvalue weighted by atomic mass is 32.1. The summed E-state index contributed by atoms with van der Waals surface area (Å²) in [5.74, 6) is 0.305. The first-order valence-corrected chi connectivity index (χ1v) is 7.51. The molecule has 0 saturated heterocycles. The lowest BCUT2D eigenvalue weighted by molar-refractivity contribution is 0.115. The molecule has 1 heterocycles. The van der Waals surface area contributed by atoms with Crippen LogP contribution >= 0.6 is 11.3 Å². The second kappa shape index (κ2) is 6.33. The molecule has 0 aliphatic rings. The van der Waals surface area contributed by atoms with Crippen LogP contribution in [-0.4, -0.2) is 11.7 Å². The summed E-state index contributed by atoms with van der Waals surface area (Å²) in [6, 6.07) is 14.4. The van der Waals surface area contributed by atoms with Gasteiger partial charge in [-0.3, -0.25) is 0 Å². The number of hydrogen-bond donors (Lipinski definition) is 2. The molecule has 3 heteroatoms. The molecule has 0 radical (unpaired) electrons. The molecule has 0 bridgehead atoms. The quantitative estimate of drug-likeness (QED) is 0.847. The van der Waals surface area contributed by atoms with Crippen molar-refractivity contribution in [3.8, 4) is 0 Å². The third-order valence-electron chi connectivity index (χ3n) is 3.68. The minimum Gasteiger partial charge on any atom is -0.394 e. The summed E-state index contributed by atoms with van der Waals surface area (Å²) in [6.45, 7) is 5.17. The molecule has 19 heavy (non-hydrogen) atoms.